The summed E-state index contributed by atoms with van der Waals surface area (Å²) in [7, 11) is 1.98. The van der Waals surface area contributed by atoms with Crippen LogP contribution in [0.2, 0.25) is 0 Å². The van der Waals surface area contributed by atoms with Gasteiger partial charge in [-0.15, -0.1) is 0 Å². The van der Waals surface area contributed by atoms with Crippen molar-refractivity contribution in [2.75, 3.05) is 6.54 Å². The maximum absolute atomic E-state index is 4.42. The molecule has 0 bridgehead atoms. The van der Waals surface area contributed by atoms with E-state index >= 15 is 0 Å². The van der Waals surface area contributed by atoms with Crippen LogP contribution in [0.15, 0.2) is 40.9 Å². The molecule has 0 saturated heterocycles. The second-order valence-corrected chi connectivity index (χ2v) is 4.70. The van der Waals surface area contributed by atoms with E-state index in [2.05, 4.69) is 28.3 Å². The van der Waals surface area contributed by atoms with Crippen LogP contribution in [-0.4, -0.2) is 21.1 Å². The SMILES string of the molecule is CCNCc1ccc(Sc2nccn2C)nc1. The number of pyridine rings is 1. The van der Waals surface area contributed by atoms with Crippen LogP contribution in [0.4, 0.5) is 0 Å². The molecule has 0 radical (unpaired) electrons. The van der Waals surface area contributed by atoms with Gasteiger partial charge in [-0.05, 0) is 29.9 Å². The summed E-state index contributed by atoms with van der Waals surface area (Å²) in [6.07, 6.45) is 5.64. The molecule has 4 nitrogen and oxygen atoms in total. The fraction of sp³-hybridized carbons (Fsp3) is 0.333. The van der Waals surface area contributed by atoms with Crippen molar-refractivity contribution in [3.8, 4) is 0 Å². The summed E-state index contributed by atoms with van der Waals surface area (Å²) < 4.78 is 1.99. The molecule has 0 unspecified atom stereocenters. The third kappa shape index (κ3) is 3.31. The van der Waals surface area contributed by atoms with E-state index in [0.717, 1.165) is 23.3 Å². The van der Waals surface area contributed by atoms with Crippen molar-refractivity contribution in [1.29, 1.82) is 0 Å². The van der Waals surface area contributed by atoms with Crippen LogP contribution in [0.25, 0.3) is 0 Å². The molecule has 2 rings (SSSR count). The van der Waals surface area contributed by atoms with E-state index in [0.29, 0.717) is 0 Å². The van der Waals surface area contributed by atoms with Crippen LogP contribution < -0.4 is 5.32 Å². The molecule has 0 atom stereocenters. The molecule has 0 spiro atoms. The second-order valence-electron chi connectivity index (χ2n) is 3.71. The van der Waals surface area contributed by atoms with Gasteiger partial charge >= 0.3 is 0 Å². The summed E-state index contributed by atoms with van der Waals surface area (Å²) >= 11 is 1.57. The van der Waals surface area contributed by atoms with E-state index in [1.165, 1.54) is 5.56 Å². The normalized spacial score (nSPS) is 10.7. The van der Waals surface area contributed by atoms with Gasteiger partial charge in [-0.3, -0.25) is 0 Å². The minimum Gasteiger partial charge on any atom is -0.329 e. The average Bonchev–Trinajstić information content (AvgIpc) is 2.74. The van der Waals surface area contributed by atoms with Gasteiger partial charge in [-0.2, -0.15) is 0 Å². The number of hydrogen-bond acceptors (Lipinski definition) is 4. The molecule has 17 heavy (non-hydrogen) atoms. The molecule has 0 aliphatic heterocycles. The Morgan fingerprint density at radius 1 is 1.35 bits per heavy atom. The van der Waals surface area contributed by atoms with E-state index < -0.39 is 0 Å². The van der Waals surface area contributed by atoms with Gasteiger partial charge in [0.1, 0.15) is 5.03 Å². The lowest BCUT2D eigenvalue weighted by atomic mass is 10.3. The first-order valence-electron chi connectivity index (χ1n) is 5.60. The predicted octanol–water partition coefficient (Wildman–Crippen LogP) is 2.08. The molecule has 0 saturated carbocycles. The minimum atomic E-state index is 0.872. The number of aryl methyl sites for hydroxylation is 1. The number of aromatic nitrogens is 3. The van der Waals surface area contributed by atoms with Crippen molar-refractivity contribution in [3.05, 3.63) is 36.3 Å². The highest BCUT2D eigenvalue weighted by molar-refractivity contribution is 7.99. The summed E-state index contributed by atoms with van der Waals surface area (Å²) in [5.74, 6) is 0. The van der Waals surface area contributed by atoms with Crippen molar-refractivity contribution >= 4 is 11.8 Å². The maximum Gasteiger partial charge on any atom is 0.174 e. The summed E-state index contributed by atoms with van der Waals surface area (Å²) in [5.41, 5.74) is 1.20. The molecule has 2 heterocycles. The molecule has 2 aromatic rings. The highest BCUT2D eigenvalue weighted by Crippen LogP contribution is 2.23. The molecule has 0 aromatic carbocycles. The van der Waals surface area contributed by atoms with Crippen LogP contribution in [-0.2, 0) is 13.6 Å². The topological polar surface area (TPSA) is 42.7 Å². The third-order valence-electron chi connectivity index (χ3n) is 2.35. The summed E-state index contributed by atoms with van der Waals surface area (Å²) in [6.45, 7) is 3.94. The second kappa shape index (κ2) is 5.84. The Morgan fingerprint density at radius 2 is 2.24 bits per heavy atom. The standard InChI is InChI=1S/C12H16N4S/c1-3-13-8-10-4-5-11(15-9-10)17-12-14-6-7-16(12)2/h4-7,9,13H,3,8H2,1-2H3. The van der Waals surface area contributed by atoms with Gasteiger partial charge in [-0.25, -0.2) is 9.97 Å². The zero-order valence-corrected chi connectivity index (χ0v) is 10.9. The van der Waals surface area contributed by atoms with Gasteiger partial charge in [0.2, 0.25) is 0 Å². The Hall–Kier alpha value is -1.33. The number of nitrogens with one attached hydrogen (secondary N) is 1. The highest BCUT2D eigenvalue weighted by Gasteiger charge is 2.03. The van der Waals surface area contributed by atoms with E-state index in [1.807, 2.05) is 30.1 Å². The third-order valence-corrected chi connectivity index (χ3v) is 3.38. The fourth-order valence-electron chi connectivity index (χ4n) is 1.39. The quantitative estimate of drug-likeness (QED) is 0.879. The minimum absolute atomic E-state index is 0.872. The van der Waals surface area contributed by atoms with Crippen LogP contribution >= 0.6 is 11.8 Å². The Kier molecular flexibility index (Phi) is 4.17. The van der Waals surface area contributed by atoms with Crippen molar-refractivity contribution in [1.82, 2.24) is 19.9 Å². The number of rotatable bonds is 5. The molecule has 5 heteroatoms. The molecule has 0 aliphatic carbocycles. The highest BCUT2D eigenvalue weighted by atomic mass is 32.2. The summed E-state index contributed by atoms with van der Waals surface area (Å²) in [6, 6.07) is 4.13. The van der Waals surface area contributed by atoms with Gasteiger partial charge in [0.25, 0.3) is 0 Å². The van der Waals surface area contributed by atoms with Crippen molar-refractivity contribution in [2.45, 2.75) is 23.7 Å². The first kappa shape index (κ1) is 12.1. The number of imidazole rings is 1. The van der Waals surface area contributed by atoms with Crippen molar-refractivity contribution < 1.29 is 0 Å². The zero-order valence-electron chi connectivity index (χ0n) is 10.1. The first-order chi connectivity index (χ1) is 8.29. The molecule has 0 aliphatic rings. The largest absolute Gasteiger partial charge is 0.329 e. The van der Waals surface area contributed by atoms with E-state index in [1.54, 1.807) is 18.0 Å². The lowest BCUT2D eigenvalue weighted by Gasteiger charge is -2.03. The van der Waals surface area contributed by atoms with Gasteiger partial charge in [0, 0.05) is 32.2 Å². The van der Waals surface area contributed by atoms with E-state index in [4.69, 9.17) is 0 Å². The smallest absolute Gasteiger partial charge is 0.174 e. The Balaban J connectivity index is 2.01. The molecule has 0 fully saturated rings. The van der Waals surface area contributed by atoms with Gasteiger partial charge in [0.15, 0.2) is 5.16 Å². The van der Waals surface area contributed by atoms with Crippen molar-refractivity contribution in [3.63, 3.8) is 0 Å². The van der Waals surface area contributed by atoms with Gasteiger partial charge in [0.05, 0.1) is 0 Å². The Morgan fingerprint density at radius 3 is 2.82 bits per heavy atom. The van der Waals surface area contributed by atoms with E-state index in [-0.39, 0.29) is 0 Å². The van der Waals surface area contributed by atoms with Crippen molar-refractivity contribution in [2.24, 2.45) is 7.05 Å². The Labute approximate surface area is 105 Å². The van der Waals surface area contributed by atoms with Gasteiger partial charge < -0.3 is 9.88 Å². The lowest BCUT2D eigenvalue weighted by molar-refractivity contribution is 0.722. The van der Waals surface area contributed by atoms with Crippen LogP contribution in [0.3, 0.4) is 0 Å². The Bertz CT molecular complexity index is 464. The monoisotopic (exact) mass is 248 g/mol. The number of nitrogens with zero attached hydrogens (tertiary/aromatic N) is 3. The molecule has 0 amide bonds. The van der Waals surface area contributed by atoms with Crippen LogP contribution in [0, 0.1) is 0 Å². The summed E-state index contributed by atoms with van der Waals surface area (Å²) in [5, 5.41) is 5.20. The van der Waals surface area contributed by atoms with Gasteiger partial charge in [-0.1, -0.05) is 13.0 Å². The molecular formula is C12H16N4S. The zero-order chi connectivity index (χ0) is 12.1. The first-order valence-corrected chi connectivity index (χ1v) is 6.42. The van der Waals surface area contributed by atoms with Crippen LogP contribution in [0.5, 0.6) is 0 Å². The van der Waals surface area contributed by atoms with Crippen LogP contribution in [0.1, 0.15) is 12.5 Å². The lowest BCUT2D eigenvalue weighted by Crippen LogP contribution is -2.11. The molecule has 1 N–H and O–H groups in total. The summed E-state index contributed by atoms with van der Waals surface area (Å²) in [4.78, 5) is 8.67. The number of hydrogen-bond donors (Lipinski definition) is 1. The van der Waals surface area contributed by atoms with E-state index in [9.17, 15) is 0 Å². The predicted molar refractivity (Wildman–Crippen MR) is 68.9 cm³/mol. The maximum atomic E-state index is 4.42. The average molecular weight is 248 g/mol. The fourth-order valence-corrected chi connectivity index (χ4v) is 2.14. The molecule has 2 aromatic heterocycles. The molecule has 90 valence electrons. The molecular weight excluding hydrogens is 232 g/mol.